The lowest BCUT2D eigenvalue weighted by molar-refractivity contribution is -0.145. The van der Waals surface area contributed by atoms with Crippen LogP contribution in [0, 0.1) is 5.82 Å². The standard InChI is InChI=1S/C26H34Cl2FN3O2S2/c1-32(2)14-11-19(17-35-20-9-7-18(29)8-10-20)30-24-22(27)15-21(16-23(24)28)36-31-25(33)26(34-3)12-5-4-6-13-26/h7-10,15-16,19,30H,4-6,11-14,17H2,1-3H3,(H,31,33). The van der Waals surface area contributed by atoms with Gasteiger partial charge in [-0.05, 0) is 88.2 Å². The summed E-state index contributed by atoms with van der Waals surface area (Å²) in [5.74, 6) is 0.397. The molecule has 3 rings (SSSR count). The molecule has 2 N–H and O–H groups in total. The van der Waals surface area contributed by atoms with Crippen molar-refractivity contribution in [2.45, 2.75) is 60.0 Å². The molecule has 5 nitrogen and oxygen atoms in total. The zero-order valence-corrected chi connectivity index (χ0v) is 24.1. The number of amides is 1. The molecule has 1 aliphatic rings. The molecule has 1 amide bonds. The number of nitrogens with one attached hydrogen (secondary N) is 2. The van der Waals surface area contributed by atoms with E-state index >= 15 is 0 Å². The number of methoxy groups -OCH3 is 1. The van der Waals surface area contributed by atoms with Crippen LogP contribution in [0.25, 0.3) is 0 Å². The van der Waals surface area contributed by atoms with Gasteiger partial charge in [0.15, 0.2) is 0 Å². The summed E-state index contributed by atoms with van der Waals surface area (Å²) in [5, 5.41) is 4.48. The van der Waals surface area contributed by atoms with Gasteiger partial charge in [-0.3, -0.25) is 9.52 Å². The summed E-state index contributed by atoms with van der Waals surface area (Å²) in [4.78, 5) is 16.8. The second kappa shape index (κ2) is 14.1. The first-order valence-electron chi connectivity index (χ1n) is 12.0. The maximum Gasteiger partial charge on any atom is 0.262 e. The number of hydrogen-bond donors (Lipinski definition) is 2. The van der Waals surface area contributed by atoms with Crippen LogP contribution in [0.5, 0.6) is 0 Å². The first-order chi connectivity index (χ1) is 17.2. The molecule has 0 radical (unpaired) electrons. The maximum absolute atomic E-state index is 13.2. The van der Waals surface area contributed by atoms with Crippen LogP contribution in [0.3, 0.4) is 0 Å². The number of carbonyl (C=O) groups is 1. The number of carbonyl (C=O) groups excluding carboxylic acids is 1. The van der Waals surface area contributed by atoms with Crippen molar-refractivity contribution in [3.05, 3.63) is 52.3 Å². The van der Waals surface area contributed by atoms with E-state index in [0.29, 0.717) is 15.7 Å². The second-order valence-corrected chi connectivity index (χ2v) is 12.0. The Bertz CT molecular complexity index is 982. The molecule has 0 aliphatic heterocycles. The third-order valence-corrected chi connectivity index (χ3v) is 8.81. The van der Waals surface area contributed by atoms with E-state index in [9.17, 15) is 9.18 Å². The molecule has 0 saturated heterocycles. The maximum atomic E-state index is 13.2. The Morgan fingerprint density at radius 1 is 1.11 bits per heavy atom. The van der Waals surface area contributed by atoms with Crippen molar-refractivity contribution in [3.63, 3.8) is 0 Å². The van der Waals surface area contributed by atoms with Crippen LogP contribution in [0.2, 0.25) is 10.0 Å². The van der Waals surface area contributed by atoms with Crippen LogP contribution in [0.4, 0.5) is 10.1 Å². The topological polar surface area (TPSA) is 53.6 Å². The predicted octanol–water partition coefficient (Wildman–Crippen LogP) is 7.13. The Balaban J connectivity index is 1.65. The van der Waals surface area contributed by atoms with E-state index in [1.807, 2.05) is 14.1 Å². The summed E-state index contributed by atoms with van der Waals surface area (Å²) < 4.78 is 21.8. The lowest BCUT2D eigenvalue weighted by atomic mass is 9.84. The molecule has 1 atom stereocenters. The molecule has 36 heavy (non-hydrogen) atoms. The van der Waals surface area contributed by atoms with Crippen molar-refractivity contribution in [2.24, 2.45) is 0 Å². The van der Waals surface area contributed by atoms with E-state index in [1.165, 1.54) is 24.1 Å². The molecular weight excluding hydrogens is 540 g/mol. The number of nitrogens with zero attached hydrogens (tertiary/aromatic N) is 1. The van der Waals surface area contributed by atoms with Crippen molar-refractivity contribution in [2.75, 3.05) is 38.8 Å². The second-order valence-electron chi connectivity index (χ2n) is 9.25. The first-order valence-corrected chi connectivity index (χ1v) is 14.6. The summed E-state index contributed by atoms with van der Waals surface area (Å²) in [7, 11) is 5.67. The number of rotatable bonds is 12. The molecule has 2 aromatic carbocycles. The van der Waals surface area contributed by atoms with Crippen LogP contribution in [-0.2, 0) is 9.53 Å². The van der Waals surface area contributed by atoms with Gasteiger partial charge in [0.2, 0.25) is 0 Å². The van der Waals surface area contributed by atoms with Crippen LogP contribution < -0.4 is 10.0 Å². The van der Waals surface area contributed by atoms with Crippen molar-refractivity contribution in [1.29, 1.82) is 0 Å². The lowest BCUT2D eigenvalue weighted by Crippen LogP contribution is -2.47. The quantitative estimate of drug-likeness (QED) is 0.208. The molecule has 0 aromatic heterocycles. The lowest BCUT2D eigenvalue weighted by Gasteiger charge is -2.34. The third-order valence-electron chi connectivity index (χ3n) is 6.28. The van der Waals surface area contributed by atoms with Crippen molar-refractivity contribution in [1.82, 2.24) is 9.62 Å². The Hall–Kier alpha value is -1.16. The largest absolute Gasteiger partial charge is 0.379 e. The van der Waals surface area contributed by atoms with Gasteiger partial charge in [0.1, 0.15) is 11.4 Å². The number of thioether (sulfide) groups is 1. The molecule has 1 saturated carbocycles. The highest BCUT2D eigenvalue weighted by Gasteiger charge is 2.39. The fourth-order valence-corrected chi connectivity index (χ4v) is 6.58. The summed E-state index contributed by atoms with van der Waals surface area (Å²) in [6.07, 6.45) is 5.43. The average Bonchev–Trinajstić information content (AvgIpc) is 2.87. The molecular formula is C26H34Cl2FN3O2S2. The Morgan fingerprint density at radius 3 is 2.33 bits per heavy atom. The minimum absolute atomic E-state index is 0.0866. The Kier molecular flexibility index (Phi) is 11.5. The highest BCUT2D eigenvalue weighted by Crippen LogP contribution is 2.37. The zero-order chi connectivity index (χ0) is 26.1. The van der Waals surface area contributed by atoms with Crippen molar-refractivity contribution in [3.8, 4) is 0 Å². The number of anilines is 1. The minimum Gasteiger partial charge on any atom is -0.379 e. The normalized spacial score (nSPS) is 16.1. The SMILES string of the molecule is COC1(C(=O)NSc2cc(Cl)c(NC(CCN(C)C)CSc3ccc(F)cc3)c(Cl)c2)CCCCC1. The fourth-order valence-electron chi connectivity index (χ4n) is 4.13. The van der Waals surface area contributed by atoms with Crippen molar-refractivity contribution < 1.29 is 13.9 Å². The van der Waals surface area contributed by atoms with Crippen LogP contribution in [-0.4, -0.2) is 56.0 Å². The average molecular weight is 575 g/mol. The molecule has 0 spiro atoms. The monoisotopic (exact) mass is 573 g/mol. The summed E-state index contributed by atoms with van der Waals surface area (Å²) >= 11 is 16.1. The minimum atomic E-state index is -0.762. The molecule has 1 unspecified atom stereocenters. The van der Waals surface area contributed by atoms with Gasteiger partial charge in [0, 0.05) is 28.7 Å². The number of halogens is 3. The van der Waals surface area contributed by atoms with Crippen LogP contribution >= 0.6 is 46.9 Å². The summed E-state index contributed by atoms with van der Waals surface area (Å²) in [6.45, 7) is 0.887. The van der Waals surface area contributed by atoms with Crippen molar-refractivity contribution >= 4 is 58.5 Å². The molecule has 0 heterocycles. The number of benzene rings is 2. The Morgan fingerprint density at radius 2 is 1.75 bits per heavy atom. The number of ether oxygens (including phenoxy) is 1. The molecule has 0 bridgehead atoms. The first kappa shape index (κ1) is 29.4. The molecule has 198 valence electrons. The zero-order valence-electron chi connectivity index (χ0n) is 20.9. The highest BCUT2D eigenvalue weighted by atomic mass is 35.5. The highest BCUT2D eigenvalue weighted by molar-refractivity contribution is 7.99. The molecule has 1 fully saturated rings. The van der Waals surface area contributed by atoms with Gasteiger partial charge in [-0.1, -0.05) is 42.5 Å². The van der Waals surface area contributed by atoms with E-state index in [4.69, 9.17) is 27.9 Å². The molecule has 10 heteroatoms. The van der Waals surface area contributed by atoms with Gasteiger partial charge in [-0.2, -0.15) is 0 Å². The van der Waals surface area contributed by atoms with Gasteiger partial charge in [-0.25, -0.2) is 4.39 Å². The molecule has 1 aliphatic carbocycles. The van der Waals surface area contributed by atoms with Crippen LogP contribution in [0.1, 0.15) is 38.5 Å². The number of hydrogen-bond acceptors (Lipinski definition) is 6. The summed E-state index contributed by atoms with van der Waals surface area (Å²) in [6, 6.07) is 10.2. The van der Waals surface area contributed by atoms with E-state index in [-0.39, 0.29) is 17.8 Å². The van der Waals surface area contributed by atoms with Gasteiger partial charge in [0.25, 0.3) is 5.91 Å². The fraction of sp³-hybridized carbons (Fsp3) is 0.500. The third kappa shape index (κ3) is 8.43. The summed E-state index contributed by atoms with van der Waals surface area (Å²) in [5.41, 5.74) is -0.0968. The van der Waals surface area contributed by atoms with Gasteiger partial charge in [0.05, 0.1) is 15.7 Å². The Labute approximate surface area is 232 Å². The van der Waals surface area contributed by atoms with Gasteiger partial charge >= 0.3 is 0 Å². The van der Waals surface area contributed by atoms with E-state index in [1.54, 1.807) is 43.1 Å². The van der Waals surface area contributed by atoms with E-state index in [0.717, 1.165) is 60.6 Å². The van der Waals surface area contributed by atoms with Gasteiger partial charge < -0.3 is 15.0 Å². The van der Waals surface area contributed by atoms with E-state index in [2.05, 4.69) is 14.9 Å². The van der Waals surface area contributed by atoms with Gasteiger partial charge in [-0.15, -0.1) is 11.8 Å². The van der Waals surface area contributed by atoms with Crippen LogP contribution in [0.15, 0.2) is 46.2 Å². The predicted molar refractivity (Wildman–Crippen MR) is 151 cm³/mol. The molecule has 2 aromatic rings. The van der Waals surface area contributed by atoms with E-state index < -0.39 is 5.60 Å². The smallest absolute Gasteiger partial charge is 0.262 e.